The van der Waals surface area contributed by atoms with Gasteiger partial charge in [0, 0.05) is 5.71 Å². The summed E-state index contributed by atoms with van der Waals surface area (Å²) >= 11 is 0. The van der Waals surface area contributed by atoms with Crippen molar-refractivity contribution >= 4 is 5.71 Å². The van der Waals surface area contributed by atoms with Crippen LogP contribution in [-0.2, 0) is 0 Å². The van der Waals surface area contributed by atoms with Gasteiger partial charge >= 0.3 is 0 Å². The molecule has 54 valence electrons. The highest BCUT2D eigenvalue weighted by Crippen LogP contribution is 2.15. The van der Waals surface area contributed by atoms with Crippen molar-refractivity contribution in [2.75, 3.05) is 6.54 Å². The highest BCUT2D eigenvalue weighted by atomic mass is 14.8. The van der Waals surface area contributed by atoms with E-state index in [1.807, 2.05) is 6.92 Å². The summed E-state index contributed by atoms with van der Waals surface area (Å²) in [7, 11) is 0. The van der Waals surface area contributed by atoms with Gasteiger partial charge in [0.25, 0.3) is 0 Å². The van der Waals surface area contributed by atoms with Gasteiger partial charge in [-0.3, -0.25) is 4.99 Å². The first kappa shape index (κ1) is 7.26. The smallest absolute Gasteiger partial charge is 0.0609 e. The quantitative estimate of drug-likeness (QED) is 0.523. The fourth-order valence-electron chi connectivity index (χ4n) is 1.15. The minimum Gasteiger partial charge on any atom is -0.285 e. The maximum Gasteiger partial charge on any atom is 0.0609 e. The predicted molar refractivity (Wildman–Crippen MR) is 45.5 cm³/mol. The highest BCUT2D eigenvalue weighted by Gasteiger charge is 2.07. The van der Waals surface area contributed by atoms with Crippen LogP contribution in [0, 0.1) is 0 Å². The molecule has 0 spiro atoms. The molecule has 0 saturated heterocycles. The lowest BCUT2D eigenvalue weighted by Gasteiger charge is -1.94. The van der Waals surface area contributed by atoms with Crippen molar-refractivity contribution in [3.63, 3.8) is 0 Å². The van der Waals surface area contributed by atoms with Crippen molar-refractivity contribution < 1.29 is 0 Å². The Labute approximate surface area is 62.2 Å². The molecular weight excluding hydrogens is 122 g/mol. The molecular formula is C9H13N. The summed E-state index contributed by atoms with van der Waals surface area (Å²) in [6, 6.07) is 0. The second-order valence-corrected chi connectivity index (χ2v) is 2.60. The van der Waals surface area contributed by atoms with Gasteiger partial charge in [0.15, 0.2) is 0 Å². The van der Waals surface area contributed by atoms with Crippen molar-refractivity contribution in [3.8, 4) is 0 Å². The fourth-order valence-corrected chi connectivity index (χ4v) is 1.15. The molecule has 0 atom stereocenters. The van der Waals surface area contributed by atoms with Gasteiger partial charge in [-0.1, -0.05) is 12.2 Å². The zero-order valence-corrected chi connectivity index (χ0v) is 6.81. The molecule has 0 aromatic carbocycles. The fraction of sp³-hybridized carbons (Fsp3) is 0.444. The molecule has 1 aliphatic rings. The summed E-state index contributed by atoms with van der Waals surface area (Å²) in [4.78, 5) is 4.31. The van der Waals surface area contributed by atoms with Crippen LogP contribution in [0.2, 0.25) is 0 Å². The van der Waals surface area contributed by atoms with Crippen LogP contribution in [0.5, 0.6) is 0 Å². The molecule has 1 heteroatoms. The first-order valence-electron chi connectivity index (χ1n) is 3.59. The van der Waals surface area contributed by atoms with E-state index in [1.165, 1.54) is 16.9 Å². The molecule has 0 bridgehead atoms. The molecule has 1 aliphatic heterocycles. The summed E-state index contributed by atoms with van der Waals surface area (Å²) in [5, 5.41) is 0. The van der Waals surface area contributed by atoms with Crippen molar-refractivity contribution in [2.45, 2.75) is 20.8 Å². The van der Waals surface area contributed by atoms with E-state index in [9.17, 15) is 0 Å². The Morgan fingerprint density at radius 3 is 2.50 bits per heavy atom. The molecule has 0 N–H and O–H groups in total. The third-order valence-corrected chi connectivity index (χ3v) is 1.74. The van der Waals surface area contributed by atoms with E-state index in [4.69, 9.17) is 0 Å². The third-order valence-electron chi connectivity index (χ3n) is 1.74. The van der Waals surface area contributed by atoms with Crippen LogP contribution in [0.25, 0.3) is 0 Å². The van der Waals surface area contributed by atoms with Crippen molar-refractivity contribution in [1.29, 1.82) is 0 Å². The Hall–Kier alpha value is -0.850. The molecule has 0 saturated carbocycles. The van der Waals surface area contributed by atoms with Gasteiger partial charge in [0.05, 0.1) is 6.54 Å². The van der Waals surface area contributed by atoms with E-state index in [1.54, 1.807) is 0 Å². The minimum absolute atomic E-state index is 0.894. The Morgan fingerprint density at radius 2 is 2.10 bits per heavy atom. The SMILES string of the molecule is C/C=C\C1=C(C)CN=C1C. The van der Waals surface area contributed by atoms with Crippen LogP contribution in [-0.4, -0.2) is 12.3 Å². The summed E-state index contributed by atoms with van der Waals surface area (Å²) in [5.41, 5.74) is 3.88. The molecule has 1 nitrogen and oxygen atoms in total. The topological polar surface area (TPSA) is 12.4 Å². The van der Waals surface area contributed by atoms with E-state index in [2.05, 4.69) is 31.0 Å². The van der Waals surface area contributed by atoms with Crippen LogP contribution in [0.4, 0.5) is 0 Å². The first-order valence-corrected chi connectivity index (χ1v) is 3.59. The lowest BCUT2D eigenvalue weighted by molar-refractivity contribution is 1.17. The third kappa shape index (κ3) is 1.18. The Balaban J connectivity index is 2.89. The minimum atomic E-state index is 0.894. The van der Waals surface area contributed by atoms with Gasteiger partial charge in [0.1, 0.15) is 0 Å². The summed E-state index contributed by atoms with van der Waals surface area (Å²) in [6.45, 7) is 7.12. The van der Waals surface area contributed by atoms with Gasteiger partial charge in [0.2, 0.25) is 0 Å². The van der Waals surface area contributed by atoms with E-state index in [0.717, 1.165) is 6.54 Å². The summed E-state index contributed by atoms with van der Waals surface area (Å²) in [6.07, 6.45) is 4.18. The maximum absolute atomic E-state index is 4.31. The van der Waals surface area contributed by atoms with Crippen molar-refractivity contribution in [3.05, 3.63) is 23.3 Å². The van der Waals surface area contributed by atoms with Gasteiger partial charge in [-0.2, -0.15) is 0 Å². The number of hydrogen-bond donors (Lipinski definition) is 0. The second kappa shape index (κ2) is 2.82. The number of nitrogens with zero attached hydrogens (tertiary/aromatic N) is 1. The van der Waals surface area contributed by atoms with Gasteiger partial charge in [-0.05, 0) is 31.9 Å². The highest BCUT2D eigenvalue weighted by molar-refractivity contribution is 6.03. The molecule has 0 amide bonds. The summed E-state index contributed by atoms with van der Waals surface area (Å²) < 4.78 is 0. The lowest BCUT2D eigenvalue weighted by Crippen LogP contribution is -1.89. The molecule has 0 aromatic heterocycles. The van der Waals surface area contributed by atoms with Gasteiger partial charge in [-0.25, -0.2) is 0 Å². The van der Waals surface area contributed by atoms with E-state index >= 15 is 0 Å². The molecule has 0 fully saturated rings. The maximum atomic E-state index is 4.31. The van der Waals surface area contributed by atoms with E-state index < -0.39 is 0 Å². The van der Waals surface area contributed by atoms with Crippen molar-refractivity contribution in [1.82, 2.24) is 0 Å². The summed E-state index contributed by atoms with van der Waals surface area (Å²) in [5.74, 6) is 0. The lowest BCUT2D eigenvalue weighted by atomic mass is 10.1. The first-order chi connectivity index (χ1) is 4.75. The molecule has 0 aromatic rings. The van der Waals surface area contributed by atoms with Crippen LogP contribution >= 0.6 is 0 Å². The van der Waals surface area contributed by atoms with Crippen LogP contribution < -0.4 is 0 Å². The Morgan fingerprint density at radius 1 is 1.40 bits per heavy atom. The van der Waals surface area contributed by atoms with Crippen LogP contribution in [0.1, 0.15) is 20.8 Å². The Bertz CT molecular complexity index is 219. The zero-order valence-electron chi connectivity index (χ0n) is 6.81. The van der Waals surface area contributed by atoms with Crippen LogP contribution in [0.15, 0.2) is 28.3 Å². The Kier molecular flexibility index (Phi) is 2.05. The van der Waals surface area contributed by atoms with Gasteiger partial charge in [-0.15, -0.1) is 0 Å². The number of rotatable bonds is 1. The normalized spacial score (nSPS) is 18.9. The van der Waals surface area contributed by atoms with Crippen molar-refractivity contribution in [2.24, 2.45) is 4.99 Å². The number of hydrogen-bond acceptors (Lipinski definition) is 1. The molecule has 1 rings (SSSR count). The molecule has 1 heterocycles. The molecule has 0 radical (unpaired) electrons. The monoisotopic (exact) mass is 135 g/mol. The van der Waals surface area contributed by atoms with E-state index in [0.29, 0.717) is 0 Å². The zero-order chi connectivity index (χ0) is 7.56. The van der Waals surface area contributed by atoms with Crippen LogP contribution in [0.3, 0.4) is 0 Å². The molecule has 0 aliphatic carbocycles. The number of aliphatic imine (C=N–C) groups is 1. The average molecular weight is 135 g/mol. The average Bonchev–Trinajstić information content (AvgIpc) is 2.20. The van der Waals surface area contributed by atoms with E-state index in [-0.39, 0.29) is 0 Å². The standard InChI is InChI=1S/C9H13N/c1-4-5-9-7(2)6-10-8(9)3/h4-5H,6H2,1-3H3/b5-4-. The predicted octanol–water partition coefficient (Wildman–Crippen LogP) is 2.35. The number of allylic oxidation sites excluding steroid dienone is 3. The van der Waals surface area contributed by atoms with Gasteiger partial charge < -0.3 is 0 Å². The molecule has 0 unspecified atom stereocenters. The largest absolute Gasteiger partial charge is 0.285 e. The second-order valence-electron chi connectivity index (χ2n) is 2.60. The molecule has 10 heavy (non-hydrogen) atoms.